The van der Waals surface area contributed by atoms with Crippen molar-refractivity contribution >= 4 is 28.9 Å². The number of hydrogen-bond acceptors (Lipinski definition) is 2. The molecule has 2 nitrogen and oxygen atoms in total. The van der Waals surface area contributed by atoms with Gasteiger partial charge in [0.05, 0.1) is 0 Å². The van der Waals surface area contributed by atoms with Crippen molar-refractivity contribution in [1.82, 2.24) is 0 Å². The topological polar surface area (TPSA) is 46.2 Å². The first kappa shape index (κ1) is 12.2. The van der Waals surface area contributed by atoms with E-state index in [2.05, 4.69) is 0 Å². The normalized spacial score (nSPS) is 12.4. The van der Waals surface area contributed by atoms with Gasteiger partial charge in [0.25, 0.3) is 0 Å². The van der Waals surface area contributed by atoms with Crippen LogP contribution in [0.2, 0.25) is 10.0 Å². The third-order valence-electron chi connectivity index (χ3n) is 2.51. The number of benzene rings is 2. The molecular weight excluding hydrogens is 257 g/mol. The molecule has 0 saturated heterocycles. The monoisotopic (exact) mass is 267 g/mol. The highest BCUT2D eigenvalue weighted by Crippen LogP contribution is 2.30. The van der Waals surface area contributed by atoms with Crippen LogP contribution in [0, 0.1) is 0 Å². The lowest BCUT2D eigenvalue weighted by molar-refractivity contribution is 0.221. The van der Waals surface area contributed by atoms with Crippen LogP contribution in [0.3, 0.4) is 0 Å². The van der Waals surface area contributed by atoms with Crippen molar-refractivity contribution in [3.63, 3.8) is 0 Å². The van der Waals surface area contributed by atoms with Crippen molar-refractivity contribution in [2.75, 3.05) is 5.73 Å². The number of hydrogen-bond donors (Lipinski definition) is 2. The second-order valence-electron chi connectivity index (χ2n) is 3.73. The molecule has 0 aliphatic heterocycles. The van der Waals surface area contributed by atoms with E-state index in [1.54, 1.807) is 42.5 Å². The fraction of sp³-hybridized carbons (Fsp3) is 0.0769. The van der Waals surface area contributed by atoms with Crippen molar-refractivity contribution in [1.29, 1.82) is 0 Å². The van der Waals surface area contributed by atoms with E-state index in [4.69, 9.17) is 28.9 Å². The number of anilines is 1. The number of nitrogen functional groups attached to an aromatic ring is 1. The largest absolute Gasteiger partial charge is 0.398 e. The van der Waals surface area contributed by atoms with Gasteiger partial charge in [0, 0.05) is 21.3 Å². The summed E-state index contributed by atoms with van der Waals surface area (Å²) in [5.41, 5.74) is 7.59. The first-order chi connectivity index (χ1) is 8.08. The van der Waals surface area contributed by atoms with Gasteiger partial charge in [-0.25, -0.2) is 0 Å². The highest BCUT2D eigenvalue weighted by atomic mass is 35.5. The lowest BCUT2D eigenvalue weighted by Crippen LogP contribution is -2.03. The van der Waals surface area contributed by atoms with Crippen molar-refractivity contribution < 1.29 is 5.11 Å². The van der Waals surface area contributed by atoms with Crippen molar-refractivity contribution in [2.24, 2.45) is 0 Å². The Labute approximate surface area is 110 Å². The van der Waals surface area contributed by atoms with Crippen LogP contribution < -0.4 is 5.73 Å². The molecule has 3 N–H and O–H groups in total. The second-order valence-corrected chi connectivity index (χ2v) is 4.60. The molecule has 0 aliphatic carbocycles. The van der Waals surface area contributed by atoms with Crippen LogP contribution >= 0.6 is 23.2 Å². The van der Waals surface area contributed by atoms with Gasteiger partial charge < -0.3 is 10.8 Å². The zero-order chi connectivity index (χ0) is 12.4. The molecule has 1 atom stereocenters. The maximum absolute atomic E-state index is 10.2. The van der Waals surface area contributed by atoms with Crippen LogP contribution in [-0.2, 0) is 0 Å². The Bertz CT molecular complexity index is 543. The van der Waals surface area contributed by atoms with Crippen molar-refractivity contribution in [2.45, 2.75) is 6.10 Å². The maximum Gasteiger partial charge on any atom is 0.106 e. The molecule has 88 valence electrons. The quantitative estimate of drug-likeness (QED) is 0.816. The molecule has 0 fully saturated rings. The minimum Gasteiger partial charge on any atom is -0.398 e. The fourth-order valence-electron chi connectivity index (χ4n) is 1.64. The number of nitrogens with two attached hydrogens (primary N) is 1. The van der Waals surface area contributed by atoms with Crippen molar-refractivity contribution in [3.8, 4) is 0 Å². The van der Waals surface area contributed by atoms with E-state index < -0.39 is 6.10 Å². The summed E-state index contributed by atoms with van der Waals surface area (Å²) in [6.45, 7) is 0. The van der Waals surface area contributed by atoms with Crippen LogP contribution in [0.1, 0.15) is 17.2 Å². The van der Waals surface area contributed by atoms with Crippen LogP contribution in [0.4, 0.5) is 5.69 Å². The zero-order valence-corrected chi connectivity index (χ0v) is 10.4. The molecule has 0 saturated carbocycles. The van der Waals surface area contributed by atoms with E-state index in [1.807, 2.05) is 0 Å². The van der Waals surface area contributed by atoms with Gasteiger partial charge >= 0.3 is 0 Å². The highest BCUT2D eigenvalue weighted by Gasteiger charge is 2.14. The molecule has 0 bridgehead atoms. The molecule has 2 rings (SSSR count). The molecule has 0 aromatic heterocycles. The first-order valence-electron chi connectivity index (χ1n) is 5.06. The molecular formula is C13H11Cl2NO. The van der Waals surface area contributed by atoms with E-state index in [0.29, 0.717) is 26.9 Å². The van der Waals surface area contributed by atoms with E-state index in [1.165, 1.54) is 0 Å². The minimum atomic E-state index is -0.826. The summed E-state index contributed by atoms with van der Waals surface area (Å²) >= 11 is 11.8. The van der Waals surface area contributed by atoms with Gasteiger partial charge in [0.1, 0.15) is 6.10 Å². The summed E-state index contributed by atoms with van der Waals surface area (Å²) < 4.78 is 0. The van der Waals surface area contributed by atoms with Crippen LogP contribution in [0.5, 0.6) is 0 Å². The smallest absolute Gasteiger partial charge is 0.106 e. The Morgan fingerprint density at radius 3 is 2.41 bits per heavy atom. The second kappa shape index (κ2) is 4.96. The molecule has 0 spiro atoms. The third-order valence-corrected chi connectivity index (χ3v) is 2.98. The predicted molar refractivity (Wildman–Crippen MR) is 71.4 cm³/mol. The van der Waals surface area contributed by atoms with E-state index >= 15 is 0 Å². The van der Waals surface area contributed by atoms with Gasteiger partial charge in [-0.2, -0.15) is 0 Å². The van der Waals surface area contributed by atoms with Gasteiger partial charge in [0.2, 0.25) is 0 Å². The third kappa shape index (κ3) is 2.72. The summed E-state index contributed by atoms with van der Waals surface area (Å²) in [5.74, 6) is 0. The number of aliphatic hydroxyl groups excluding tert-OH is 1. The van der Waals surface area contributed by atoms with E-state index in [0.717, 1.165) is 0 Å². The molecule has 0 amide bonds. The summed E-state index contributed by atoms with van der Waals surface area (Å²) in [6.07, 6.45) is -0.826. The Balaban J connectivity index is 2.43. The fourth-order valence-corrected chi connectivity index (χ4v) is 2.02. The molecule has 0 heterocycles. The number of halogens is 2. The highest BCUT2D eigenvalue weighted by molar-refractivity contribution is 6.31. The number of aliphatic hydroxyl groups is 1. The standard InChI is InChI=1S/C13H11Cl2NO/c14-9-3-1-2-8(6-9)13(17)11-7-10(15)4-5-12(11)16/h1-7,13,17H,16H2/t13-/m0/s1. The Morgan fingerprint density at radius 2 is 1.71 bits per heavy atom. The molecule has 2 aromatic rings. The molecule has 2 aromatic carbocycles. The molecule has 0 aliphatic rings. The van der Waals surface area contributed by atoms with Crippen LogP contribution in [0.15, 0.2) is 42.5 Å². The average molecular weight is 268 g/mol. The molecule has 17 heavy (non-hydrogen) atoms. The zero-order valence-electron chi connectivity index (χ0n) is 8.90. The first-order valence-corrected chi connectivity index (χ1v) is 5.82. The Morgan fingerprint density at radius 1 is 1.00 bits per heavy atom. The van der Waals surface area contributed by atoms with Gasteiger partial charge in [-0.05, 0) is 35.9 Å². The summed E-state index contributed by atoms with van der Waals surface area (Å²) in [4.78, 5) is 0. The van der Waals surface area contributed by atoms with Gasteiger partial charge in [-0.15, -0.1) is 0 Å². The lowest BCUT2D eigenvalue weighted by atomic mass is 10.0. The SMILES string of the molecule is Nc1ccc(Cl)cc1[C@@H](O)c1cccc(Cl)c1. The lowest BCUT2D eigenvalue weighted by Gasteiger charge is -2.14. The Hall–Kier alpha value is -1.22. The van der Waals surface area contributed by atoms with Crippen molar-refractivity contribution in [3.05, 3.63) is 63.6 Å². The molecule has 4 heteroatoms. The summed E-state index contributed by atoms with van der Waals surface area (Å²) in [6, 6.07) is 12.0. The van der Waals surface area contributed by atoms with Gasteiger partial charge in [0.15, 0.2) is 0 Å². The Kier molecular flexibility index (Phi) is 3.57. The average Bonchev–Trinajstić information content (AvgIpc) is 2.31. The summed E-state index contributed by atoms with van der Waals surface area (Å²) in [5, 5.41) is 11.3. The van der Waals surface area contributed by atoms with Gasteiger partial charge in [-0.3, -0.25) is 0 Å². The molecule has 0 radical (unpaired) electrons. The minimum absolute atomic E-state index is 0.502. The molecule has 0 unspecified atom stereocenters. The van der Waals surface area contributed by atoms with Crippen LogP contribution in [-0.4, -0.2) is 5.11 Å². The van der Waals surface area contributed by atoms with E-state index in [9.17, 15) is 5.11 Å². The van der Waals surface area contributed by atoms with Crippen LogP contribution in [0.25, 0.3) is 0 Å². The van der Waals surface area contributed by atoms with E-state index in [-0.39, 0.29) is 0 Å². The van der Waals surface area contributed by atoms with Gasteiger partial charge in [-0.1, -0.05) is 35.3 Å². The number of rotatable bonds is 2. The predicted octanol–water partition coefficient (Wildman–Crippen LogP) is 3.66. The maximum atomic E-state index is 10.2. The summed E-state index contributed by atoms with van der Waals surface area (Å²) in [7, 11) is 0.